The normalized spacial score (nSPS) is 10.4. The lowest BCUT2D eigenvalue weighted by Gasteiger charge is -2.04. The molecule has 0 atom stereocenters. The molecule has 2 aromatic carbocycles. The van der Waals surface area contributed by atoms with Crippen molar-refractivity contribution in [2.75, 3.05) is 0 Å². The maximum absolute atomic E-state index is 3.48. The maximum Gasteiger partial charge on any atom is 0.0283 e. The van der Waals surface area contributed by atoms with Gasteiger partial charge in [-0.1, -0.05) is 68.3 Å². The zero-order valence-electron chi connectivity index (χ0n) is 8.79. The molecule has 0 saturated heterocycles. The molecule has 0 heterocycles. The molecule has 2 rings (SSSR count). The van der Waals surface area contributed by atoms with Gasteiger partial charge < -0.3 is 0 Å². The van der Waals surface area contributed by atoms with E-state index in [0.717, 1.165) is 16.2 Å². The van der Waals surface area contributed by atoms with Crippen LogP contribution in [0.2, 0.25) is 0 Å². The van der Waals surface area contributed by atoms with E-state index in [-0.39, 0.29) is 0 Å². The Kier molecular flexibility index (Phi) is 4.19. The molecule has 82 valence electrons. The van der Waals surface area contributed by atoms with Crippen molar-refractivity contribution >= 4 is 31.9 Å². The average molecular weight is 340 g/mol. The van der Waals surface area contributed by atoms with Crippen LogP contribution in [0.15, 0.2) is 53.0 Å². The van der Waals surface area contributed by atoms with Crippen LogP contribution in [0.5, 0.6) is 0 Å². The van der Waals surface area contributed by atoms with Crippen LogP contribution in [0.4, 0.5) is 0 Å². The monoisotopic (exact) mass is 338 g/mol. The maximum atomic E-state index is 3.48. The highest BCUT2D eigenvalue weighted by atomic mass is 79.9. The van der Waals surface area contributed by atoms with Crippen LogP contribution in [0, 0.1) is 0 Å². The van der Waals surface area contributed by atoms with Gasteiger partial charge in [0.15, 0.2) is 0 Å². The standard InChI is InChI=1S/C14H12Br2/c15-10-13-3-1-2-12(9-13)8-11-4-6-14(16)7-5-11/h1-7,9H,8,10H2. The Morgan fingerprint density at radius 3 is 2.19 bits per heavy atom. The van der Waals surface area contributed by atoms with Gasteiger partial charge in [-0.2, -0.15) is 0 Å². The average Bonchev–Trinajstić information content (AvgIpc) is 2.32. The zero-order valence-corrected chi connectivity index (χ0v) is 12.0. The summed E-state index contributed by atoms with van der Waals surface area (Å²) in [6, 6.07) is 17.2. The third-order valence-corrected chi connectivity index (χ3v) is 3.64. The number of alkyl halides is 1. The lowest BCUT2D eigenvalue weighted by Crippen LogP contribution is -1.89. The van der Waals surface area contributed by atoms with Crippen LogP contribution in [-0.4, -0.2) is 0 Å². The molecule has 0 aliphatic carbocycles. The van der Waals surface area contributed by atoms with Crippen molar-refractivity contribution in [3.8, 4) is 0 Å². The van der Waals surface area contributed by atoms with Crippen molar-refractivity contribution in [3.63, 3.8) is 0 Å². The van der Waals surface area contributed by atoms with Gasteiger partial charge in [0, 0.05) is 9.80 Å². The Morgan fingerprint density at radius 2 is 1.50 bits per heavy atom. The minimum Gasteiger partial charge on any atom is -0.0876 e. The summed E-state index contributed by atoms with van der Waals surface area (Å²) in [6.45, 7) is 0. The van der Waals surface area contributed by atoms with E-state index in [2.05, 4.69) is 80.4 Å². The molecular formula is C14H12Br2. The fourth-order valence-electron chi connectivity index (χ4n) is 1.66. The van der Waals surface area contributed by atoms with Crippen LogP contribution >= 0.6 is 31.9 Å². The molecule has 2 heteroatoms. The lowest BCUT2D eigenvalue weighted by molar-refractivity contribution is 1.18. The Morgan fingerprint density at radius 1 is 0.812 bits per heavy atom. The summed E-state index contributed by atoms with van der Waals surface area (Å²) in [5.41, 5.74) is 4.03. The van der Waals surface area contributed by atoms with Gasteiger partial charge in [0.05, 0.1) is 0 Å². The molecule has 0 aliphatic rings. The van der Waals surface area contributed by atoms with Crippen LogP contribution in [0.3, 0.4) is 0 Å². The summed E-state index contributed by atoms with van der Waals surface area (Å²) in [4.78, 5) is 0. The molecular weight excluding hydrogens is 328 g/mol. The molecule has 0 N–H and O–H groups in total. The van der Waals surface area contributed by atoms with Gasteiger partial charge in [-0.3, -0.25) is 0 Å². The molecule has 0 nitrogen and oxygen atoms in total. The third-order valence-electron chi connectivity index (χ3n) is 2.47. The SMILES string of the molecule is BrCc1cccc(Cc2ccc(Br)cc2)c1. The second-order valence-corrected chi connectivity index (χ2v) is 5.23. The van der Waals surface area contributed by atoms with Crippen LogP contribution in [0.25, 0.3) is 0 Å². The Hall–Kier alpha value is -0.600. The molecule has 0 aromatic heterocycles. The van der Waals surface area contributed by atoms with Crippen LogP contribution in [-0.2, 0) is 11.8 Å². The highest BCUT2D eigenvalue weighted by Gasteiger charge is 1.97. The first-order chi connectivity index (χ1) is 7.78. The number of halogens is 2. The molecule has 0 radical (unpaired) electrons. The number of hydrogen-bond acceptors (Lipinski definition) is 0. The van der Waals surface area contributed by atoms with E-state index in [1.54, 1.807) is 0 Å². The van der Waals surface area contributed by atoms with Crippen molar-refractivity contribution in [2.45, 2.75) is 11.8 Å². The Labute approximate surface area is 113 Å². The topological polar surface area (TPSA) is 0 Å². The van der Waals surface area contributed by atoms with E-state index in [1.807, 2.05) is 0 Å². The quantitative estimate of drug-likeness (QED) is 0.695. The van der Waals surface area contributed by atoms with Gasteiger partial charge in [0.25, 0.3) is 0 Å². The van der Waals surface area contributed by atoms with Gasteiger partial charge in [0.1, 0.15) is 0 Å². The van der Waals surface area contributed by atoms with Gasteiger partial charge in [0.2, 0.25) is 0 Å². The molecule has 2 aromatic rings. The molecule has 0 bridgehead atoms. The molecule has 0 unspecified atom stereocenters. The predicted octanol–water partition coefficient (Wildman–Crippen LogP) is 4.93. The zero-order chi connectivity index (χ0) is 11.4. The van der Waals surface area contributed by atoms with E-state index < -0.39 is 0 Å². The highest BCUT2D eigenvalue weighted by Crippen LogP contribution is 2.16. The predicted molar refractivity (Wildman–Crippen MR) is 76.0 cm³/mol. The van der Waals surface area contributed by atoms with E-state index >= 15 is 0 Å². The van der Waals surface area contributed by atoms with Crippen molar-refractivity contribution in [1.82, 2.24) is 0 Å². The molecule has 0 aliphatic heterocycles. The lowest BCUT2D eigenvalue weighted by atomic mass is 10.0. The van der Waals surface area contributed by atoms with Crippen molar-refractivity contribution in [3.05, 3.63) is 69.7 Å². The largest absolute Gasteiger partial charge is 0.0876 e. The van der Waals surface area contributed by atoms with Crippen LogP contribution < -0.4 is 0 Å². The van der Waals surface area contributed by atoms with Gasteiger partial charge >= 0.3 is 0 Å². The van der Waals surface area contributed by atoms with Crippen molar-refractivity contribution in [1.29, 1.82) is 0 Å². The van der Waals surface area contributed by atoms with Gasteiger partial charge in [-0.05, 0) is 35.2 Å². The van der Waals surface area contributed by atoms with E-state index in [0.29, 0.717) is 0 Å². The van der Waals surface area contributed by atoms with E-state index in [4.69, 9.17) is 0 Å². The summed E-state index contributed by atoms with van der Waals surface area (Å²) in [7, 11) is 0. The number of rotatable bonds is 3. The fraction of sp³-hybridized carbons (Fsp3) is 0.143. The minimum absolute atomic E-state index is 0.918. The second kappa shape index (κ2) is 5.65. The van der Waals surface area contributed by atoms with Crippen LogP contribution in [0.1, 0.15) is 16.7 Å². The molecule has 0 saturated carbocycles. The summed E-state index contributed by atoms with van der Waals surface area (Å²) in [5, 5.41) is 0.918. The fourth-order valence-corrected chi connectivity index (χ4v) is 2.27. The molecule has 0 fully saturated rings. The highest BCUT2D eigenvalue weighted by molar-refractivity contribution is 9.10. The Bertz CT molecular complexity index is 460. The number of hydrogen-bond donors (Lipinski definition) is 0. The smallest absolute Gasteiger partial charge is 0.0283 e. The summed E-state index contributed by atoms with van der Waals surface area (Å²) < 4.78 is 1.13. The molecule has 0 amide bonds. The molecule has 0 spiro atoms. The molecule has 16 heavy (non-hydrogen) atoms. The first-order valence-corrected chi connectivity index (χ1v) is 7.07. The van der Waals surface area contributed by atoms with Gasteiger partial charge in [-0.15, -0.1) is 0 Å². The summed E-state index contributed by atoms with van der Waals surface area (Å²) in [5.74, 6) is 0. The third kappa shape index (κ3) is 3.19. The van der Waals surface area contributed by atoms with E-state index in [9.17, 15) is 0 Å². The van der Waals surface area contributed by atoms with Crippen molar-refractivity contribution in [2.24, 2.45) is 0 Å². The first kappa shape index (κ1) is 11.9. The summed E-state index contributed by atoms with van der Waals surface area (Å²) >= 11 is 6.93. The van der Waals surface area contributed by atoms with Crippen molar-refractivity contribution < 1.29 is 0 Å². The summed E-state index contributed by atoms with van der Waals surface area (Å²) in [6.07, 6.45) is 0.994. The second-order valence-electron chi connectivity index (χ2n) is 3.76. The minimum atomic E-state index is 0.918. The first-order valence-electron chi connectivity index (χ1n) is 5.16. The Balaban J connectivity index is 2.16. The van der Waals surface area contributed by atoms with Gasteiger partial charge in [-0.25, -0.2) is 0 Å². The number of benzene rings is 2. The van der Waals surface area contributed by atoms with E-state index in [1.165, 1.54) is 16.7 Å².